The molecule has 1 saturated carbocycles. The number of hydrogen-bond acceptors (Lipinski definition) is 3. The van der Waals surface area contributed by atoms with Crippen LogP contribution in [-0.4, -0.2) is 42.8 Å². The lowest BCUT2D eigenvalue weighted by molar-refractivity contribution is 0.0565. The standard InChI is InChI=1S/C18H28N2O3/c1-13-8-14(10-16(9-13)23-3)11-19-18(22)20(2)12-15-6-4-5-7-17(15)21/h8-10,15,17,21H,4-7,11-12H2,1-3H3,(H,19,22). The molecule has 0 aliphatic heterocycles. The van der Waals surface area contributed by atoms with Crippen molar-refractivity contribution < 1.29 is 14.6 Å². The molecular weight excluding hydrogens is 292 g/mol. The Balaban J connectivity index is 1.85. The minimum atomic E-state index is -0.278. The van der Waals surface area contributed by atoms with Crippen molar-refractivity contribution in [1.82, 2.24) is 10.2 Å². The molecule has 0 aromatic heterocycles. The van der Waals surface area contributed by atoms with E-state index in [4.69, 9.17) is 4.74 Å². The number of aliphatic hydroxyl groups is 1. The molecule has 2 rings (SSSR count). The van der Waals surface area contributed by atoms with Crippen LogP contribution in [0, 0.1) is 12.8 Å². The second-order valence-electron chi connectivity index (χ2n) is 6.51. The van der Waals surface area contributed by atoms with Crippen LogP contribution in [0.25, 0.3) is 0 Å². The number of nitrogens with one attached hydrogen (secondary N) is 1. The van der Waals surface area contributed by atoms with Crippen molar-refractivity contribution in [3.63, 3.8) is 0 Å². The van der Waals surface area contributed by atoms with Gasteiger partial charge in [-0.25, -0.2) is 4.79 Å². The van der Waals surface area contributed by atoms with Gasteiger partial charge in [-0.15, -0.1) is 0 Å². The lowest BCUT2D eigenvalue weighted by atomic mass is 9.86. The zero-order valence-corrected chi connectivity index (χ0v) is 14.3. The molecule has 1 fully saturated rings. The van der Waals surface area contributed by atoms with Gasteiger partial charge in [0.15, 0.2) is 0 Å². The van der Waals surface area contributed by atoms with Crippen LogP contribution < -0.4 is 10.1 Å². The topological polar surface area (TPSA) is 61.8 Å². The maximum absolute atomic E-state index is 12.2. The normalized spacial score (nSPS) is 20.9. The Kier molecular flexibility index (Phi) is 6.28. The van der Waals surface area contributed by atoms with Crippen LogP contribution >= 0.6 is 0 Å². The summed E-state index contributed by atoms with van der Waals surface area (Å²) in [5.41, 5.74) is 2.12. The van der Waals surface area contributed by atoms with E-state index >= 15 is 0 Å². The highest BCUT2D eigenvalue weighted by Crippen LogP contribution is 2.24. The summed E-state index contributed by atoms with van der Waals surface area (Å²) in [6, 6.07) is 5.82. The monoisotopic (exact) mass is 320 g/mol. The number of rotatable bonds is 5. The quantitative estimate of drug-likeness (QED) is 0.877. The molecule has 2 atom stereocenters. The predicted octanol–water partition coefficient (Wildman–Crippen LogP) is 2.70. The van der Waals surface area contributed by atoms with Gasteiger partial charge in [-0.3, -0.25) is 0 Å². The van der Waals surface area contributed by atoms with Gasteiger partial charge in [0.25, 0.3) is 0 Å². The van der Waals surface area contributed by atoms with Gasteiger partial charge in [-0.2, -0.15) is 0 Å². The lowest BCUT2D eigenvalue weighted by Gasteiger charge is -2.31. The van der Waals surface area contributed by atoms with Gasteiger partial charge in [0, 0.05) is 26.1 Å². The second-order valence-corrected chi connectivity index (χ2v) is 6.51. The van der Waals surface area contributed by atoms with E-state index in [1.165, 1.54) is 0 Å². The van der Waals surface area contributed by atoms with Gasteiger partial charge in [0.1, 0.15) is 5.75 Å². The first-order valence-electron chi connectivity index (χ1n) is 8.31. The number of methoxy groups -OCH3 is 1. The van der Waals surface area contributed by atoms with E-state index < -0.39 is 0 Å². The second kappa shape index (κ2) is 8.20. The van der Waals surface area contributed by atoms with Gasteiger partial charge in [-0.1, -0.05) is 18.9 Å². The minimum Gasteiger partial charge on any atom is -0.497 e. The van der Waals surface area contributed by atoms with Gasteiger partial charge in [0.2, 0.25) is 0 Å². The summed E-state index contributed by atoms with van der Waals surface area (Å²) in [7, 11) is 3.42. The van der Waals surface area contributed by atoms with E-state index in [9.17, 15) is 9.90 Å². The number of amides is 2. The lowest BCUT2D eigenvalue weighted by Crippen LogP contribution is -2.42. The number of hydrogen-bond donors (Lipinski definition) is 2. The molecule has 2 unspecified atom stereocenters. The van der Waals surface area contributed by atoms with Crippen LogP contribution in [0.2, 0.25) is 0 Å². The van der Waals surface area contributed by atoms with E-state index in [0.29, 0.717) is 13.1 Å². The van der Waals surface area contributed by atoms with Gasteiger partial charge < -0.3 is 20.1 Å². The molecule has 0 heterocycles. The zero-order valence-electron chi connectivity index (χ0n) is 14.3. The third-order valence-corrected chi connectivity index (χ3v) is 4.51. The number of ether oxygens (including phenoxy) is 1. The van der Waals surface area contributed by atoms with Crippen molar-refractivity contribution >= 4 is 6.03 Å². The van der Waals surface area contributed by atoms with Crippen molar-refractivity contribution in [3.8, 4) is 5.75 Å². The molecule has 5 heteroatoms. The average molecular weight is 320 g/mol. The van der Waals surface area contributed by atoms with Crippen LogP contribution in [0.4, 0.5) is 4.79 Å². The molecule has 0 radical (unpaired) electrons. The Morgan fingerprint density at radius 2 is 2.09 bits per heavy atom. The van der Waals surface area contributed by atoms with E-state index in [1.807, 2.05) is 25.1 Å². The molecule has 1 aliphatic carbocycles. The summed E-state index contributed by atoms with van der Waals surface area (Å²) in [6.45, 7) is 3.07. The number of carbonyl (C=O) groups excluding carboxylic acids is 1. The summed E-state index contributed by atoms with van der Waals surface area (Å²) in [6.07, 6.45) is 3.79. The third kappa shape index (κ3) is 5.13. The fourth-order valence-corrected chi connectivity index (χ4v) is 3.19. The van der Waals surface area contributed by atoms with Crippen molar-refractivity contribution in [2.24, 2.45) is 5.92 Å². The molecule has 2 amide bonds. The zero-order chi connectivity index (χ0) is 16.8. The Labute approximate surface area is 138 Å². The molecule has 0 spiro atoms. The minimum absolute atomic E-state index is 0.108. The largest absolute Gasteiger partial charge is 0.497 e. The Morgan fingerprint density at radius 3 is 2.78 bits per heavy atom. The first kappa shape index (κ1) is 17.6. The van der Waals surface area contributed by atoms with Gasteiger partial charge in [0.05, 0.1) is 13.2 Å². The fourth-order valence-electron chi connectivity index (χ4n) is 3.19. The van der Waals surface area contributed by atoms with E-state index in [1.54, 1.807) is 19.1 Å². The Morgan fingerprint density at radius 1 is 1.35 bits per heavy atom. The number of benzene rings is 1. The Hall–Kier alpha value is -1.75. The number of nitrogens with zero attached hydrogens (tertiary/aromatic N) is 1. The van der Waals surface area contributed by atoms with Crippen LogP contribution in [0.3, 0.4) is 0 Å². The summed E-state index contributed by atoms with van der Waals surface area (Å²) in [4.78, 5) is 13.9. The van der Waals surface area contributed by atoms with Gasteiger partial charge in [-0.05, 0) is 43.0 Å². The van der Waals surface area contributed by atoms with E-state index in [0.717, 1.165) is 42.6 Å². The van der Waals surface area contributed by atoms with Crippen LogP contribution in [0.15, 0.2) is 18.2 Å². The average Bonchev–Trinajstić information content (AvgIpc) is 2.54. The highest BCUT2D eigenvalue weighted by molar-refractivity contribution is 5.73. The molecule has 5 nitrogen and oxygen atoms in total. The predicted molar refractivity (Wildman–Crippen MR) is 90.6 cm³/mol. The summed E-state index contributed by atoms with van der Waals surface area (Å²) in [5.74, 6) is 0.992. The molecule has 23 heavy (non-hydrogen) atoms. The number of aliphatic hydroxyl groups excluding tert-OH is 1. The Bertz CT molecular complexity index is 533. The van der Waals surface area contributed by atoms with Crippen LogP contribution in [-0.2, 0) is 6.54 Å². The van der Waals surface area contributed by atoms with Crippen LogP contribution in [0.1, 0.15) is 36.8 Å². The third-order valence-electron chi connectivity index (χ3n) is 4.51. The molecule has 2 N–H and O–H groups in total. The summed E-state index contributed by atoms with van der Waals surface area (Å²) < 4.78 is 5.25. The van der Waals surface area contributed by atoms with Gasteiger partial charge >= 0.3 is 6.03 Å². The van der Waals surface area contributed by atoms with E-state index in [2.05, 4.69) is 5.32 Å². The molecule has 128 valence electrons. The highest BCUT2D eigenvalue weighted by atomic mass is 16.5. The fraction of sp³-hybridized carbons (Fsp3) is 0.611. The maximum atomic E-state index is 12.2. The summed E-state index contributed by atoms with van der Waals surface area (Å²) in [5, 5.41) is 13.0. The maximum Gasteiger partial charge on any atom is 0.317 e. The molecular formula is C18H28N2O3. The number of urea groups is 1. The van der Waals surface area contributed by atoms with Crippen LogP contribution in [0.5, 0.6) is 5.75 Å². The summed E-state index contributed by atoms with van der Waals surface area (Å²) >= 11 is 0. The molecule has 0 saturated heterocycles. The molecule has 1 aliphatic rings. The SMILES string of the molecule is COc1cc(C)cc(CNC(=O)N(C)CC2CCCCC2O)c1. The van der Waals surface area contributed by atoms with E-state index in [-0.39, 0.29) is 18.1 Å². The van der Waals surface area contributed by atoms with Crippen molar-refractivity contribution in [1.29, 1.82) is 0 Å². The highest BCUT2D eigenvalue weighted by Gasteiger charge is 2.25. The smallest absolute Gasteiger partial charge is 0.317 e. The van der Waals surface area contributed by atoms with Crippen molar-refractivity contribution in [3.05, 3.63) is 29.3 Å². The molecule has 0 bridgehead atoms. The first-order valence-corrected chi connectivity index (χ1v) is 8.31. The number of carbonyl (C=O) groups is 1. The molecule has 1 aromatic carbocycles. The van der Waals surface area contributed by atoms with Crippen molar-refractivity contribution in [2.75, 3.05) is 20.7 Å². The van der Waals surface area contributed by atoms with Crippen molar-refractivity contribution in [2.45, 2.75) is 45.3 Å². The molecule has 1 aromatic rings. The number of aryl methyl sites for hydroxylation is 1. The first-order chi connectivity index (χ1) is 11.0.